The summed E-state index contributed by atoms with van der Waals surface area (Å²) in [6, 6.07) is 6.28. The number of carbonyl (C=O) groups excluding carboxylic acids is 2. The molecule has 0 saturated carbocycles. The molecular weight excluding hydrogens is 286 g/mol. The van der Waals surface area contributed by atoms with Gasteiger partial charge in [0.25, 0.3) is 5.91 Å². The fourth-order valence-corrected chi connectivity index (χ4v) is 2.50. The number of rotatable bonds is 3. The molecule has 1 fully saturated rings. The predicted octanol–water partition coefficient (Wildman–Crippen LogP) is 2.21. The Hall–Kier alpha value is -2.08. The Balaban J connectivity index is 2.07. The second kappa shape index (κ2) is 6.36. The van der Waals surface area contributed by atoms with Gasteiger partial charge in [0, 0.05) is 12.1 Å². The van der Waals surface area contributed by atoms with Crippen molar-refractivity contribution in [3.8, 4) is 5.75 Å². The van der Waals surface area contributed by atoms with E-state index in [1.54, 1.807) is 36.1 Å². The Morgan fingerprint density at radius 1 is 1.32 bits per heavy atom. The number of hydrogen-bond donors (Lipinski definition) is 1. The molecular formula is C16H21NO5. The van der Waals surface area contributed by atoms with Gasteiger partial charge in [-0.25, -0.2) is 4.79 Å². The Morgan fingerprint density at radius 2 is 1.95 bits per heavy atom. The van der Waals surface area contributed by atoms with Crippen LogP contribution in [-0.4, -0.2) is 46.9 Å². The van der Waals surface area contributed by atoms with Crippen LogP contribution in [0.2, 0.25) is 0 Å². The van der Waals surface area contributed by atoms with Crippen molar-refractivity contribution in [2.45, 2.75) is 38.8 Å². The van der Waals surface area contributed by atoms with Gasteiger partial charge in [-0.1, -0.05) is 0 Å². The van der Waals surface area contributed by atoms with Crippen molar-refractivity contribution in [2.24, 2.45) is 0 Å². The third kappa shape index (κ3) is 3.22. The van der Waals surface area contributed by atoms with Crippen molar-refractivity contribution in [1.29, 1.82) is 0 Å². The van der Waals surface area contributed by atoms with E-state index in [0.29, 0.717) is 24.3 Å². The van der Waals surface area contributed by atoms with Crippen molar-refractivity contribution < 1.29 is 24.2 Å². The average molecular weight is 307 g/mol. The molecule has 120 valence electrons. The fraction of sp³-hybridized carbons (Fsp3) is 0.500. The fourth-order valence-electron chi connectivity index (χ4n) is 2.50. The van der Waals surface area contributed by atoms with Crippen LogP contribution in [0.1, 0.15) is 37.6 Å². The summed E-state index contributed by atoms with van der Waals surface area (Å²) in [5, 5.41) is 9.95. The third-order valence-electron chi connectivity index (χ3n) is 3.95. The van der Waals surface area contributed by atoms with E-state index in [2.05, 4.69) is 4.74 Å². The zero-order valence-electron chi connectivity index (χ0n) is 13.0. The Morgan fingerprint density at radius 3 is 2.45 bits per heavy atom. The Kier molecular flexibility index (Phi) is 4.71. The Labute approximate surface area is 129 Å². The highest BCUT2D eigenvalue weighted by Gasteiger charge is 2.42. The number of carbonyl (C=O) groups is 2. The molecule has 1 aliphatic heterocycles. The first-order valence-corrected chi connectivity index (χ1v) is 7.31. The van der Waals surface area contributed by atoms with Crippen LogP contribution in [0.5, 0.6) is 5.75 Å². The zero-order chi connectivity index (χ0) is 16.3. The molecule has 1 saturated heterocycles. The van der Waals surface area contributed by atoms with E-state index in [9.17, 15) is 14.7 Å². The quantitative estimate of drug-likeness (QED) is 0.684. The number of aliphatic hydroxyl groups excluding tert-OH is 1. The van der Waals surface area contributed by atoms with Gasteiger partial charge in [0.15, 0.2) is 0 Å². The molecule has 0 aromatic heterocycles. The van der Waals surface area contributed by atoms with Crippen LogP contribution in [0.15, 0.2) is 24.3 Å². The maximum Gasteiger partial charge on any atom is 0.513 e. The van der Waals surface area contributed by atoms with Crippen LogP contribution in [0.3, 0.4) is 0 Å². The molecule has 1 aromatic rings. The predicted molar refractivity (Wildman–Crippen MR) is 79.8 cm³/mol. The van der Waals surface area contributed by atoms with Gasteiger partial charge in [-0.15, -0.1) is 0 Å². The van der Waals surface area contributed by atoms with Gasteiger partial charge in [-0.05, 0) is 51.5 Å². The van der Waals surface area contributed by atoms with Crippen molar-refractivity contribution in [2.75, 3.05) is 13.2 Å². The van der Waals surface area contributed by atoms with Crippen LogP contribution in [0.25, 0.3) is 0 Å². The minimum atomic E-state index is -0.773. The molecule has 6 heteroatoms. The van der Waals surface area contributed by atoms with E-state index < -0.39 is 17.8 Å². The molecule has 1 aliphatic rings. The number of nitrogens with zero attached hydrogens (tertiary/aromatic N) is 1. The van der Waals surface area contributed by atoms with Crippen molar-refractivity contribution in [3.05, 3.63) is 29.8 Å². The lowest BCUT2D eigenvalue weighted by molar-refractivity contribution is 0.0394. The van der Waals surface area contributed by atoms with Crippen LogP contribution >= 0.6 is 0 Å². The van der Waals surface area contributed by atoms with Crippen LogP contribution in [-0.2, 0) is 4.74 Å². The highest BCUT2D eigenvalue weighted by molar-refractivity contribution is 5.95. The van der Waals surface area contributed by atoms with Crippen LogP contribution in [0, 0.1) is 0 Å². The first-order valence-electron chi connectivity index (χ1n) is 7.31. The molecule has 22 heavy (non-hydrogen) atoms. The molecule has 0 radical (unpaired) electrons. The molecule has 1 aromatic carbocycles. The first kappa shape index (κ1) is 16.3. The minimum Gasteiger partial charge on any atom is -0.434 e. The number of hydrogen-bond acceptors (Lipinski definition) is 5. The summed E-state index contributed by atoms with van der Waals surface area (Å²) in [6.45, 7) is 6.15. The normalized spacial score (nSPS) is 19.8. The number of benzene rings is 1. The molecule has 1 unspecified atom stereocenters. The smallest absolute Gasteiger partial charge is 0.434 e. The highest BCUT2D eigenvalue weighted by Crippen LogP contribution is 2.30. The highest BCUT2D eigenvalue weighted by atomic mass is 16.7. The number of amides is 1. The van der Waals surface area contributed by atoms with Crippen molar-refractivity contribution in [3.63, 3.8) is 0 Å². The molecule has 1 N–H and O–H groups in total. The van der Waals surface area contributed by atoms with E-state index in [1.165, 1.54) is 0 Å². The summed E-state index contributed by atoms with van der Waals surface area (Å²) >= 11 is 0. The van der Waals surface area contributed by atoms with Gasteiger partial charge in [-0.2, -0.15) is 0 Å². The summed E-state index contributed by atoms with van der Waals surface area (Å²) in [7, 11) is 0. The topological polar surface area (TPSA) is 76.1 Å². The third-order valence-corrected chi connectivity index (χ3v) is 3.95. The van der Waals surface area contributed by atoms with Gasteiger partial charge < -0.3 is 19.5 Å². The lowest BCUT2D eigenvalue weighted by Gasteiger charge is -2.33. The molecule has 0 aliphatic carbocycles. The molecule has 1 heterocycles. The van der Waals surface area contributed by atoms with Gasteiger partial charge in [0.2, 0.25) is 0 Å². The number of ether oxygens (including phenoxy) is 2. The SMILES string of the molecule is CCOC(=O)Oc1ccc(C(=O)N2CCC(O)C2(C)C)cc1. The largest absolute Gasteiger partial charge is 0.513 e. The lowest BCUT2D eigenvalue weighted by atomic mass is 9.98. The van der Waals surface area contributed by atoms with Crippen molar-refractivity contribution in [1.82, 2.24) is 4.90 Å². The van der Waals surface area contributed by atoms with E-state index in [1.807, 2.05) is 13.8 Å². The van der Waals surface area contributed by atoms with Crippen LogP contribution in [0.4, 0.5) is 4.79 Å². The number of likely N-dealkylation sites (tertiary alicyclic amines) is 1. The summed E-state index contributed by atoms with van der Waals surface area (Å²) in [5.41, 5.74) is -0.102. The van der Waals surface area contributed by atoms with E-state index in [0.717, 1.165) is 0 Å². The van der Waals surface area contributed by atoms with Gasteiger partial charge in [0.1, 0.15) is 5.75 Å². The summed E-state index contributed by atoms with van der Waals surface area (Å²) in [4.78, 5) is 25.4. The molecule has 2 rings (SSSR count). The molecule has 0 bridgehead atoms. The van der Waals surface area contributed by atoms with Crippen LogP contribution < -0.4 is 4.74 Å². The standard InChI is InChI=1S/C16H21NO5/c1-4-21-15(20)22-12-7-5-11(6-8-12)14(19)17-10-9-13(18)16(17,2)3/h5-8,13,18H,4,9-10H2,1-3H3. The second-order valence-electron chi connectivity index (χ2n) is 5.72. The monoisotopic (exact) mass is 307 g/mol. The molecule has 6 nitrogen and oxygen atoms in total. The van der Waals surface area contributed by atoms with E-state index in [-0.39, 0.29) is 12.5 Å². The summed E-state index contributed by atoms with van der Waals surface area (Å²) in [5.74, 6) is 0.167. The zero-order valence-corrected chi connectivity index (χ0v) is 13.0. The Bertz CT molecular complexity index is 552. The lowest BCUT2D eigenvalue weighted by Crippen LogP contribution is -2.48. The molecule has 1 atom stereocenters. The van der Waals surface area contributed by atoms with Gasteiger partial charge in [-0.3, -0.25) is 4.79 Å². The minimum absolute atomic E-state index is 0.149. The van der Waals surface area contributed by atoms with Gasteiger partial charge in [0.05, 0.1) is 18.2 Å². The molecule has 1 amide bonds. The first-order chi connectivity index (χ1) is 10.4. The average Bonchev–Trinajstić information content (AvgIpc) is 2.73. The second-order valence-corrected chi connectivity index (χ2v) is 5.72. The van der Waals surface area contributed by atoms with E-state index >= 15 is 0 Å². The maximum absolute atomic E-state index is 12.5. The maximum atomic E-state index is 12.5. The van der Waals surface area contributed by atoms with E-state index in [4.69, 9.17) is 4.74 Å². The molecule has 0 spiro atoms. The van der Waals surface area contributed by atoms with Crippen molar-refractivity contribution >= 4 is 12.1 Å². The summed E-state index contributed by atoms with van der Waals surface area (Å²) in [6.07, 6.45) is -0.726. The summed E-state index contributed by atoms with van der Waals surface area (Å²) < 4.78 is 9.63. The number of aliphatic hydroxyl groups is 1. The van der Waals surface area contributed by atoms with Gasteiger partial charge >= 0.3 is 6.16 Å².